The van der Waals surface area contributed by atoms with Gasteiger partial charge in [-0.3, -0.25) is 0 Å². The number of hydrogen-bond donors (Lipinski definition) is 4. The number of aliphatic hydroxyl groups is 2. The molecule has 16 heavy (non-hydrogen) atoms. The summed E-state index contributed by atoms with van der Waals surface area (Å²) >= 11 is 0. The molecule has 0 spiro atoms. The first kappa shape index (κ1) is 11.4. The predicted octanol–water partition coefficient (Wildman–Crippen LogP) is 0.322. The van der Waals surface area contributed by atoms with Crippen LogP contribution in [-0.2, 0) is 6.42 Å². The van der Waals surface area contributed by atoms with E-state index in [0.717, 1.165) is 24.0 Å². The second-order valence-electron chi connectivity index (χ2n) is 4.20. The zero-order valence-corrected chi connectivity index (χ0v) is 9.06. The molecule has 0 fully saturated rings. The lowest BCUT2D eigenvalue weighted by Crippen LogP contribution is -2.37. The molecular formula is C12H17NO3. The Morgan fingerprint density at radius 1 is 1.31 bits per heavy atom. The van der Waals surface area contributed by atoms with Crippen LogP contribution in [0.3, 0.4) is 0 Å². The van der Waals surface area contributed by atoms with Crippen LogP contribution in [0.15, 0.2) is 18.2 Å². The van der Waals surface area contributed by atoms with Crippen LogP contribution in [0.2, 0.25) is 0 Å². The van der Waals surface area contributed by atoms with Gasteiger partial charge in [0.05, 0.1) is 19.3 Å². The summed E-state index contributed by atoms with van der Waals surface area (Å²) in [6.07, 6.45) is 1.86. The van der Waals surface area contributed by atoms with Crippen LogP contribution in [-0.4, -0.2) is 34.6 Å². The maximum Gasteiger partial charge on any atom is 0.115 e. The van der Waals surface area contributed by atoms with Crippen LogP contribution in [0.4, 0.5) is 0 Å². The van der Waals surface area contributed by atoms with Gasteiger partial charge in [0.25, 0.3) is 0 Å². The standard InChI is InChI=1S/C12H17NO3/c14-6-9(7-15)13-12-4-1-8-5-10(16)2-3-11(8)12/h2-3,5,9,12-16H,1,4,6-7H2. The summed E-state index contributed by atoms with van der Waals surface area (Å²) in [6, 6.07) is 5.25. The third-order valence-electron chi connectivity index (χ3n) is 3.08. The Labute approximate surface area is 94.5 Å². The number of phenols is 1. The molecule has 0 amide bonds. The smallest absolute Gasteiger partial charge is 0.115 e. The van der Waals surface area contributed by atoms with Crippen molar-refractivity contribution in [3.63, 3.8) is 0 Å². The van der Waals surface area contributed by atoms with Crippen molar-refractivity contribution < 1.29 is 15.3 Å². The minimum Gasteiger partial charge on any atom is -0.508 e. The average molecular weight is 223 g/mol. The monoisotopic (exact) mass is 223 g/mol. The van der Waals surface area contributed by atoms with Gasteiger partial charge in [0.15, 0.2) is 0 Å². The summed E-state index contributed by atoms with van der Waals surface area (Å²) in [5.41, 5.74) is 2.30. The summed E-state index contributed by atoms with van der Waals surface area (Å²) < 4.78 is 0. The molecule has 1 atom stereocenters. The molecule has 0 aliphatic heterocycles. The number of aryl methyl sites for hydroxylation is 1. The van der Waals surface area contributed by atoms with Gasteiger partial charge in [-0.1, -0.05) is 6.07 Å². The summed E-state index contributed by atoms with van der Waals surface area (Å²) in [5, 5.41) is 30.6. The van der Waals surface area contributed by atoms with E-state index in [4.69, 9.17) is 10.2 Å². The van der Waals surface area contributed by atoms with Crippen LogP contribution in [0, 0.1) is 0 Å². The zero-order chi connectivity index (χ0) is 11.5. The first-order valence-corrected chi connectivity index (χ1v) is 5.54. The van der Waals surface area contributed by atoms with E-state index in [9.17, 15) is 5.11 Å². The molecule has 0 aromatic heterocycles. The quantitative estimate of drug-likeness (QED) is 0.593. The van der Waals surface area contributed by atoms with E-state index in [1.165, 1.54) is 0 Å². The van der Waals surface area contributed by atoms with Gasteiger partial charge in [-0.15, -0.1) is 0 Å². The van der Waals surface area contributed by atoms with Gasteiger partial charge in [0.1, 0.15) is 5.75 Å². The van der Waals surface area contributed by atoms with Gasteiger partial charge in [-0.25, -0.2) is 0 Å². The molecule has 1 aromatic rings. The number of hydrogen-bond acceptors (Lipinski definition) is 4. The summed E-state index contributed by atoms with van der Waals surface area (Å²) in [4.78, 5) is 0. The molecule has 4 nitrogen and oxygen atoms in total. The van der Waals surface area contributed by atoms with Crippen LogP contribution >= 0.6 is 0 Å². The highest BCUT2D eigenvalue weighted by molar-refractivity contribution is 5.40. The number of aromatic hydroxyl groups is 1. The van der Waals surface area contributed by atoms with E-state index < -0.39 is 0 Å². The fourth-order valence-corrected chi connectivity index (χ4v) is 2.22. The van der Waals surface area contributed by atoms with Crippen molar-refractivity contribution in [3.8, 4) is 5.75 Å². The first-order valence-electron chi connectivity index (χ1n) is 5.54. The van der Waals surface area contributed by atoms with Crippen molar-refractivity contribution in [1.82, 2.24) is 5.32 Å². The van der Waals surface area contributed by atoms with Crippen LogP contribution in [0.5, 0.6) is 5.75 Å². The van der Waals surface area contributed by atoms with Crippen molar-refractivity contribution in [2.24, 2.45) is 0 Å². The van der Waals surface area contributed by atoms with Crippen LogP contribution in [0.1, 0.15) is 23.6 Å². The molecule has 4 heteroatoms. The minimum absolute atomic E-state index is 0.0690. The minimum atomic E-state index is -0.273. The zero-order valence-electron chi connectivity index (χ0n) is 9.06. The Balaban J connectivity index is 2.11. The molecule has 0 heterocycles. The highest BCUT2D eigenvalue weighted by atomic mass is 16.3. The molecule has 1 aliphatic rings. The fraction of sp³-hybridized carbons (Fsp3) is 0.500. The maximum atomic E-state index is 9.36. The third kappa shape index (κ3) is 2.19. The van der Waals surface area contributed by atoms with E-state index in [1.54, 1.807) is 12.1 Å². The first-order chi connectivity index (χ1) is 7.74. The number of aliphatic hydroxyl groups excluding tert-OH is 2. The number of fused-ring (bicyclic) bond motifs is 1. The van der Waals surface area contributed by atoms with Gasteiger partial charge in [-0.2, -0.15) is 0 Å². The lowest BCUT2D eigenvalue weighted by Gasteiger charge is -2.20. The Bertz CT molecular complexity index is 363. The lowest BCUT2D eigenvalue weighted by atomic mass is 10.1. The van der Waals surface area contributed by atoms with E-state index >= 15 is 0 Å². The summed E-state index contributed by atoms with van der Waals surface area (Å²) in [5.74, 6) is 0.292. The van der Waals surface area contributed by atoms with E-state index in [1.807, 2.05) is 6.07 Å². The van der Waals surface area contributed by atoms with Gasteiger partial charge in [0.2, 0.25) is 0 Å². The number of rotatable bonds is 4. The fourth-order valence-electron chi connectivity index (χ4n) is 2.22. The van der Waals surface area contributed by atoms with Crippen molar-refractivity contribution in [2.45, 2.75) is 24.9 Å². The number of phenolic OH excluding ortho intramolecular Hbond substituents is 1. The Morgan fingerprint density at radius 2 is 2.06 bits per heavy atom. The van der Waals surface area contributed by atoms with Gasteiger partial charge >= 0.3 is 0 Å². The molecule has 1 unspecified atom stereocenters. The van der Waals surface area contributed by atoms with Crippen molar-refractivity contribution in [1.29, 1.82) is 0 Å². The van der Waals surface area contributed by atoms with Crippen molar-refractivity contribution in [2.75, 3.05) is 13.2 Å². The van der Waals surface area contributed by atoms with Gasteiger partial charge in [-0.05, 0) is 36.1 Å². The Kier molecular flexibility index (Phi) is 3.43. The molecule has 0 saturated heterocycles. The van der Waals surface area contributed by atoms with E-state index in [2.05, 4.69) is 5.32 Å². The topological polar surface area (TPSA) is 72.7 Å². The largest absolute Gasteiger partial charge is 0.508 e. The SMILES string of the molecule is OCC(CO)NC1CCc2cc(O)ccc21. The van der Waals surface area contributed by atoms with Crippen molar-refractivity contribution in [3.05, 3.63) is 29.3 Å². The summed E-state index contributed by atoms with van der Waals surface area (Å²) in [6.45, 7) is -0.138. The molecule has 0 saturated carbocycles. The third-order valence-corrected chi connectivity index (χ3v) is 3.08. The van der Waals surface area contributed by atoms with Crippen molar-refractivity contribution >= 4 is 0 Å². The second kappa shape index (κ2) is 4.82. The normalized spacial score (nSPS) is 19.1. The molecule has 0 bridgehead atoms. The molecule has 0 radical (unpaired) electrons. The second-order valence-corrected chi connectivity index (χ2v) is 4.20. The molecule has 88 valence electrons. The van der Waals surface area contributed by atoms with E-state index in [-0.39, 0.29) is 25.3 Å². The van der Waals surface area contributed by atoms with Gasteiger partial charge in [0, 0.05) is 6.04 Å². The highest BCUT2D eigenvalue weighted by Crippen LogP contribution is 2.33. The predicted molar refractivity (Wildman–Crippen MR) is 60.3 cm³/mol. The van der Waals surface area contributed by atoms with E-state index in [0.29, 0.717) is 5.75 Å². The van der Waals surface area contributed by atoms with Crippen LogP contribution < -0.4 is 5.32 Å². The Morgan fingerprint density at radius 3 is 2.75 bits per heavy atom. The highest BCUT2D eigenvalue weighted by Gasteiger charge is 2.24. The molecule has 4 N–H and O–H groups in total. The average Bonchev–Trinajstić information content (AvgIpc) is 2.68. The number of nitrogens with one attached hydrogen (secondary N) is 1. The molecular weight excluding hydrogens is 206 g/mol. The number of benzene rings is 1. The van der Waals surface area contributed by atoms with Crippen LogP contribution in [0.25, 0.3) is 0 Å². The lowest BCUT2D eigenvalue weighted by molar-refractivity contribution is 0.162. The molecule has 2 rings (SSSR count). The molecule has 1 aliphatic carbocycles. The summed E-state index contributed by atoms with van der Waals surface area (Å²) in [7, 11) is 0. The maximum absolute atomic E-state index is 9.36. The van der Waals surface area contributed by atoms with Gasteiger partial charge < -0.3 is 20.6 Å². The molecule has 1 aromatic carbocycles. The Hall–Kier alpha value is -1.10.